The van der Waals surface area contributed by atoms with Crippen LogP contribution in [0.3, 0.4) is 0 Å². The van der Waals surface area contributed by atoms with Crippen LogP contribution in [-0.2, 0) is 4.79 Å². The number of hydrogen-bond donors (Lipinski definition) is 0. The second-order valence-corrected chi connectivity index (χ2v) is 6.06. The zero-order chi connectivity index (χ0) is 17.5. The fraction of sp³-hybridized carbons (Fsp3) is 0.238. The highest BCUT2D eigenvalue weighted by atomic mass is 16.2. The maximum Gasteiger partial charge on any atom is 0.253 e. The van der Waals surface area contributed by atoms with Gasteiger partial charge < -0.3 is 9.80 Å². The van der Waals surface area contributed by atoms with Gasteiger partial charge >= 0.3 is 0 Å². The van der Waals surface area contributed by atoms with E-state index in [1.54, 1.807) is 0 Å². The van der Waals surface area contributed by atoms with Crippen LogP contribution < -0.4 is 0 Å². The van der Waals surface area contributed by atoms with E-state index in [0.29, 0.717) is 38.2 Å². The molecule has 1 fully saturated rings. The molecule has 0 saturated carbocycles. The second-order valence-electron chi connectivity index (χ2n) is 6.06. The van der Waals surface area contributed by atoms with Gasteiger partial charge in [-0.2, -0.15) is 0 Å². The van der Waals surface area contributed by atoms with Gasteiger partial charge in [0.15, 0.2) is 0 Å². The van der Waals surface area contributed by atoms with Crippen LogP contribution in [0.5, 0.6) is 0 Å². The molecular weight excluding hydrogens is 312 g/mol. The van der Waals surface area contributed by atoms with Crippen LogP contribution in [0.1, 0.15) is 22.3 Å². The Morgan fingerprint density at radius 3 is 2.00 bits per heavy atom. The molecule has 25 heavy (non-hydrogen) atoms. The van der Waals surface area contributed by atoms with Gasteiger partial charge in [-0.3, -0.25) is 9.59 Å². The number of carbonyl (C=O) groups excluding carboxylic acids is 2. The van der Waals surface area contributed by atoms with E-state index < -0.39 is 0 Å². The maximum absolute atomic E-state index is 12.4. The third-order valence-electron chi connectivity index (χ3n) is 4.34. The molecule has 4 heteroatoms. The third kappa shape index (κ3) is 4.57. The molecule has 0 N–H and O–H groups in total. The van der Waals surface area contributed by atoms with E-state index in [-0.39, 0.29) is 11.8 Å². The Balaban J connectivity index is 1.48. The second kappa shape index (κ2) is 8.29. The first-order chi connectivity index (χ1) is 12.2. The number of hydrogen-bond acceptors (Lipinski definition) is 2. The summed E-state index contributed by atoms with van der Waals surface area (Å²) in [5, 5.41) is 0. The van der Waals surface area contributed by atoms with Crippen LogP contribution in [0, 0.1) is 0 Å². The van der Waals surface area contributed by atoms with Crippen molar-refractivity contribution >= 4 is 17.9 Å². The van der Waals surface area contributed by atoms with Crippen LogP contribution in [-0.4, -0.2) is 47.8 Å². The lowest BCUT2D eigenvalue weighted by atomic mass is 10.1. The van der Waals surface area contributed by atoms with Crippen molar-refractivity contribution in [3.05, 3.63) is 77.9 Å². The summed E-state index contributed by atoms with van der Waals surface area (Å²) in [6.45, 7) is 2.36. The Kier molecular flexibility index (Phi) is 5.62. The Labute approximate surface area is 148 Å². The molecule has 3 rings (SSSR count). The number of nitrogens with zero attached hydrogens (tertiary/aromatic N) is 2. The van der Waals surface area contributed by atoms with Gasteiger partial charge in [0.1, 0.15) is 0 Å². The van der Waals surface area contributed by atoms with Gasteiger partial charge in [0.25, 0.3) is 5.91 Å². The predicted molar refractivity (Wildman–Crippen MR) is 99.0 cm³/mol. The van der Waals surface area contributed by atoms with E-state index in [0.717, 1.165) is 5.56 Å². The lowest BCUT2D eigenvalue weighted by Gasteiger charge is -2.34. The monoisotopic (exact) mass is 334 g/mol. The summed E-state index contributed by atoms with van der Waals surface area (Å²) in [4.78, 5) is 28.4. The van der Waals surface area contributed by atoms with E-state index in [1.807, 2.05) is 82.6 Å². The molecule has 1 aliphatic rings. The molecule has 1 aliphatic heterocycles. The first-order valence-corrected chi connectivity index (χ1v) is 8.58. The Hall–Kier alpha value is -2.88. The minimum Gasteiger partial charge on any atom is -0.339 e. The zero-order valence-electron chi connectivity index (χ0n) is 14.2. The first kappa shape index (κ1) is 17.0. The molecule has 0 aromatic heterocycles. The molecule has 0 spiro atoms. The standard InChI is InChI=1S/C21H22N2O2/c24-20(13-7-10-18-8-3-1-4-9-18)22-14-16-23(17-15-22)21(25)19-11-5-2-6-12-19/h1-12H,13-17H2. The van der Waals surface area contributed by atoms with Crippen molar-refractivity contribution < 1.29 is 9.59 Å². The van der Waals surface area contributed by atoms with E-state index in [9.17, 15) is 9.59 Å². The fourth-order valence-electron chi connectivity index (χ4n) is 2.91. The van der Waals surface area contributed by atoms with E-state index in [2.05, 4.69) is 0 Å². The van der Waals surface area contributed by atoms with E-state index >= 15 is 0 Å². The zero-order valence-corrected chi connectivity index (χ0v) is 14.2. The smallest absolute Gasteiger partial charge is 0.253 e. The van der Waals surface area contributed by atoms with Gasteiger partial charge in [-0.05, 0) is 17.7 Å². The minimum absolute atomic E-state index is 0.0386. The Bertz CT molecular complexity index is 733. The molecule has 0 radical (unpaired) electrons. The molecule has 0 bridgehead atoms. The van der Waals surface area contributed by atoms with Gasteiger partial charge in [0.05, 0.1) is 0 Å². The summed E-state index contributed by atoms with van der Waals surface area (Å²) in [6.07, 6.45) is 4.26. The van der Waals surface area contributed by atoms with E-state index in [1.165, 1.54) is 0 Å². The summed E-state index contributed by atoms with van der Waals surface area (Å²) in [7, 11) is 0. The van der Waals surface area contributed by atoms with Crippen molar-refractivity contribution in [3.8, 4) is 0 Å². The van der Waals surface area contributed by atoms with Crippen molar-refractivity contribution in [1.29, 1.82) is 0 Å². The van der Waals surface area contributed by atoms with Gasteiger partial charge in [0, 0.05) is 38.2 Å². The minimum atomic E-state index is 0.0386. The number of piperazine rings is 1. The van der Waals surface area contributed by atoms with Crippen LogP contribution >= 0.6 is 0 Å². The summed E-state index contributed by atoms with van der Waals surface area (Å²) < 4.78 is 0. The van der Waals surface area contributed by atoms with Crippen LogP contribution in [0.25, 0.3) is 6.08 Å². The van der Waals surface area contributed by atoms with Crippen molar-refractivity contribution in [2.75, 3.05) is 26.2 Å². The van der Waals surface area contributed by atoms with Crippen LogP contribution in [0.4, 0.5) is 0 Å². The first-order valence-electron chi connectivity index (χ1n) is 8.58. The topological polar surface area (TPSA) is 40.6 Å². The van der Waals surface area contributed by atoms with E-state index in [4.69, 9.17) is 0 Å². The summed E-state index contributed by atoms with van der Waals surface area (Å²) in [6, 6.07) is 19.2. The van der Waals surface area contributed by atoms with Gasteiger partial charge in [-0.1, -0.05) is 60.7 Å². The highest BCUT2D eigenvalue weighted by molar-refractivity contribution is 5.94. The number of benzene rings is 2. The summed E-state index contributed by atoms with van der Waals surface area (Å²) in [5.41, 5.74) is 1.79. The molecular formula is C21H22N2O2. The van der Waals surface area contributed by atoms with Crippen LogP contribution in [0.15, 0.2) is 66.7 Å². The molecule has 2 aromatic rings. The molecule has 4 nitrogen and oxygen atoms in total. The molecule has 0 atom stereocenters. The molecule has 2 aromatic carbocycles. The van der Waals surface area contributed by atoms with Crippen LogP contribution in [0.2, 0.25) is 0 Å². The van der Waals surface area contributed by atoms with Gasteiger partial charge in [-0.25, -0.2) is 0 Å². The number of amides is 2. The quantitative estimate of drug-likeness (QED) is 0.862. The molecule has 1 saturated heterocycles. The van der Waals surface area contributed by atoms with Gasteiger partial charge in [-0.15, -0.1) is 0 Å². The van der Waals surface area contributed by atoms with Gasteiger partial charge in [0.2, 0.25) is 5.91 Å². The predicted octanol–water partition coefficient (Wildman–Crippen LogP) is 3.07. The van der Waals surface area contributed by atoms with Crippen molar-refractivity contribution in [1.82, 2.24) is 9.80 Å². The summed E-state index contributed by atoms with van der Waals surface area (Å²) in [5.74, 6) is 0.149. The average Bonchev–Trinajstić information content (AvgIpc) is 2.69. The molecule has 0 unspecified atom stereocenters. The highest BCUT2D eigenvalue weighted by Gasteiger charge is 2.24. The average molecular weight is 334 g/mol. The SMILES string of the molecule is O=C(CC=Cc1ccccc1)N1CCN(C(=O)c2ccccc2)CC1. The molecule has 1 heterocycles. The Morgan fingerprint density at radius 2 is 1.36 bits per heavy atom. The molecule has 0 aliphatic carbocycles. The van der Waals surface area contributed by atoms with Crippen molar-refractivity contribution in [2.24, 2.45) is 0 Å². The number of rotatable bonds is 4. The summed E-state index contributed by atoms with van der Waals surface area (Å²) >= 11 is 0. The van der Waals surface area contributed by atoms with Crippen molar-refractivity contribution in [3.63, 3.8) is 0 Å². The lowest BCUT2D eigenvalue weighted by molar-refractivity contribution is -0.131. The third-order valence-corrected chi connectivity index (χ3v) is 4.34. The maximum atomic E-state index is 12.4. The fourth-order valence-corrected chi connectivity index (χ4v) is 2.91. The molecule has 128 valence electrons. The van der Waals surface area contributed by atoms with Crippen molar-refractivity contribution in [2.45, 2.75) is 6.42 Å². The largest absolute Gasteiger partial charge is 0.339 e. The number of carbonyl (C=O) groups is 2. The Morgan fingerprint density at radius 1 is 0.800 bits per heavy atom. The highest BCUT2D eigenvalue weighted by Crippen LogP contribution is 2.10. The lowest BCUT2D eigenvalue weighted by Crippen LogP contribution is -2.50. The molecule has 2 amide bonds. The normalized spacial score (nSPS) is 14.7.